The van der Waals surface area contributed by atoms with E-state index in [0.717, 1.165) is 21.6 Å². The molecule has 16 heavy (non-hydrogen) atoms. The topological polar surface area (TPSA) is 12.9 Å². The third-order valence-electron chi connectivity index (χ3n) is 4.08. The van der Waals surface area contributed by atoms with Gasteiger partial charge in [0, 0.05) is 22.2 Å². The van der Waals surface area contributed by atoms with E-state index in [0.29, 0.717) is 5.41 Å². The minimum absolute atomic E-state index is 0.510. The summed E-state index contributed by atoms with van der Waals surface area (Å²) >= 11 is 7.22. The number of fused-ring (bicyclic) bond motifs is 1. The van der Waals surface area contributed by atoms with Crippen LogP contribution in [0.4, 0.5) is 0 Å². The lowest BCUT2D eigenvalue weighted by molar-refractivity contribution is 0.308. The zero-order valence-corrected chi connectivity index (χ0v) is 12.3. The molecule has 2 saturated carbocycles. The number of aromatic nitrogens is 1. The summed E-state index contributed by atoms with van der Waals surface area (Å²) in [5.74, 6) is 2.08. The molecule has 0 bridgehead atoms. The van der Waals surface area contributed by atoms with Gasteiger partial charge >= 0.3 is 0 Å². The summed E-state index contributed by atoms with van der Waals surface area (Å²) in [6, 6.07) is 2.21. The molecular weight excluding hydrogens is 330 g/mol. The number of halogens is 2. The molecule has 2 unspecified atom stereocenters. The fourth-order valence-corrected chi connectivity index (χ4v) is 4.36. The molecule has 3 rings (SSSR count). The van der Waals surface area contributed by atoms with E-state index in [1.807, 2.05) is 12.4 Å². The molecule has 1 aromatic heterocycles. The molecule has 86 valence electrons. The predicted octanol–water partition coefficient (Wildman–Crippen LogP) is 4.20. The van der Waals surface area contributed by atoms with Crippen LogP contribution in [0.5, 0.6) is 0 Å². The van der Waals surface area contributed by atoms with Gasteiger partial charge in [0.05, 0.1) is 0 Å². The summed E-state index contributed by atoms with van der Waals surface area (Å²) in [4.78, 5) is 4.26. The minimum Gasteiger partial charge on any atom is -0.263 e. The van der Waals surface area contributed by atoms with Crippen molar-refractivity contribution in [1.82, 2.24) is 4.98 Å². The number of rotatable bonds is 3. The molecule has 0 aromatic carbocycles. The summed E-state index contributed by atoms with van der Waals surface area (Å²) in [6.45, 7) is 0. The Labute approximate surface area is 113 Å². The third kappa shape index (κ3) is 2.08. The van der Waals surface area contributed by atoms with Crippen molar-refractivity contribution < 1.29 is 0 Å². The second-order valence-corrected chi connectivity index (χ2v) is 6.96. The van der Waals surface area contributed by atoms with Crippen LogP contribution < -0.4 is 0 Å². The Hall–Kier alpha value is 0.110. The van der Waals surface area contributed by atoms with Crippen LogP contribution in [0.25, 0.3) is 0 Å². The minimum atomic E-state index is 0.510. The smallest absolute Gasteiger partial charge is 0.0410 e. The Bertz CT molecular complexity index is 395. The number of nitrogens with zero attached hydrogens (tertiary/aromatic N) is 1. The van der Waals surface area contributed by atoms with Crippen molar-refractivity contribution in [1.29, 1.82) is 0 Å². The highest BCUT2D eigenvalue weighted by Gasteiger charge is 2.52. The molecule has 2 atom stereocenters. The van der Waals surface area contributed by atoms with Crippen molar-refractivity contribution in [3.63, 3.8) is 0 Å². The fourth-order valence-electron chi connectivity index (χ4n) is 3.29. The quantitative estimate of drug-likeness (QED) is 0.749. The molecular formula is C13H15Br2N. The van der Waals surface area contributed by atoms with Crippen LogP contribution in [0.3, 0.4) is 0 Å². The van der Waals surface area contributed by atoms with Gasteiger partial charge in [-0.2, -0.15) is 0 Å². The predicted molar refractivity (Wildman–Crippen MR) is 72.7 cm³/mol. The first kappa shape index (κ1) is 11.2. The molecule has 0 radical (unpaired) electrons. The molecule has 0 aliphatic heterocycles. The molecule has 1 heterocycles. The Morgan fingerprint density at radius 1 is 1.31 bits per heavy atom. The van der Waals surface area contributed by atoms with E-state index >= 15 is 0 Å². The molecule has 0 N–H and O–H groups in total. The van der Waals surface area contributed by atoms with Gasteiger partial charge < -0.3 is 0 Å². The lowest BCUT2D eigenvalue weighted by atomic mass is 9.80. The van der Waals surface area contributed by atoms with Gasteiger partial charge in [0.1, 0.15) is 0 Å². The molecule has 1 aromatic rings. The van der Waals surface area contributed by atoms with E-state index in [-0.39, 0.29) is 0 Å². The van der Waals surface area contributed by atoms with Gasteiger partial charge in [-0.3, -0.25) is 4.98 Å². The van der Waals surface area contributed by atoms with Gasteiger partial charge in [-0.1, -0.05) is 15.9 Å². The maximum atomic E-state index is 4.26. The monoisotopic (exact) mass is 343 g/mol. The summed E-state index contributed by atoms with van der Waals surface area (Å²) in [6.07, 6.45) is 9.36. The van der Waals surface area contributed by atoms with E-state index in [1.165, 1.54) is 31.2 Å². The molecule has 3 heteroatoms. The lowest BCUT2D eigenvalue weighted by Gasteiger charge is -2.28. The standard InChI is InChI=1S/C13H15Br2N/c14-8-13(4-10-2-11(10)5-13)3-9-1-12(15)7-16-6-9/h1,6-7,10-11H,2-5,8H2. The summed E-state index contributed by atoms with van der Waals surface area (Å²) < 4.78 is 1.10. The summed E-state index contributed by atoms with van der Waals surface area (Å²) in [5, 5.41) is 1.14. The van der Waals surface area contributed by atoms with E-state index in [2.05, 4.69) is 42.9 Å². The highest BCUT2D eigenvalue weighted by molar-refractivity contribution is 9.10. The Morgan fingerprint density at radius 2 is 2.06 bits per heavy atom. The van der Waals surface area contributed by atoms with Gasteiger partial charge in [0.25, 0.3) is 0 Å². The second-order valence-electron chi connectivity index (χ2n) is 5.49. The Balaban J connectivity index is 1.77. The van der Waals surface area contributed by atoms with E-state index in [1.54, 1.807) is 0 Å². The molecule has 2 aliphatic rings. The van der Waals surface area contributed by atoms with Gasteiger partial charge in [-0.05, 0) is 70.5 Å². The first-order chi connectivity index (χ1) is 7.71. The van der Waals surface area contributed by atoms with Gasteiger partial charge in [0.2, 0.25) is 0 Å². The number of alkyl halides is 1. The number of hydrogen-bond donors (Lipinski definition) is 0. The fraction of sp³-hybridized carbons (Fsp3) is 0.615. The lowest BCUT2D eigenvalue weighted by Crippen LogP contribution is -2.23. The van der Waals surface area contributed by atoms with E-state index < -0.39 is 0 Å². The molecule has 1 nitrogen and oxygen atoms in total. The Morgan fingerprint density at radius 3 is 2.69 bits per heavy atom. The van der Waals surface area contributed by atoms with Crippen LogP contribution in [0.15, 0.2) is 22.9 Å². The molecule has 0 spiro atoms. The largest absolute Gasteiger partial charge is 0.263 e. The average Bonchev–Trinajstić information content (AvgIpc) is 2.87. The van der Waals surface area contributed by atoms with Crippen LogP contribution in [-0.2, 0) is 6.42 Å². The van der Waals surface area contributed by atoms with Gasteiger partial charge in [0.15, 0.2) is 0 Å². The van der Waals surface area contributed by atoms with Crippen LogP contribution >= 0.6 is 31.9 Å². The molecule has 0 saturated heterocycles. The van der Waals surface area contributed by atoms with Crippen molar-refractivity contribution in [2.75, 3.05) is 5.33 Å². The van der Waals surface area contributed by atoms with E-state index in [4.69, 9.17) is 0 Å². The highest BCUT2D eigenvalue weighted by Crippen LogP contribution is 2.61. The van der Waals surface area contributed by atoms with Crippen molar-refractivity contribution in [3.05, 3.63) is 28.5 Å². The third-order valence-corrected chi connectivity index (χ3v) is 5.71. The zero-order chi connectivity index (χ0) is 11.2. The van der Waals surface area contributed by atoms with Crippen LogP contribution in [-0.4, -0.2) is 10.3 Å². The van der Waals surface area contributed by atoms with Crippen molar-refractivity contribution >= 4 is 31.9 Å². The zero-order valence-electron chi connectivity index (χ0n) is 9.13. The summed E-state index contributed by atoms with van der Waals surface area (Å²) in [5.41, 5.74) is 1.88. The highest BCUT2D eigenvalue weighted by atomic mass is 79.9. The maximum Gasteiger partial charge on any atom is 0.0410 e. The van der Waals surface area contributed by atoms with Gasteiger partial charge in [-0.25, -0.2) is 0 Å². The van der Waals surface area contributed by atoms with Crippen LogP contribution in [0, 0.1) is 17.3 Å². The van der Waals surface area contributed by atoms with Gasteiger partial charge in [-0.15, -0.1) is 0 Å². The number of pyridine rings is 1. The van der Waals surface area contributed by atoms with E-state index in [9.17, 15) is 0 Å². The van der Waals surface area contributed by atoms with Crippen molar-refractivity contribution in [2.45, 2.75) is 25.7 Å². The molecule has 2 fully saturated rings. The van der Waals surface area contributed by atoms with Crippen molar-refractivity contribution in [3.8, 4) is 0 Å². The van der Waals surface area contributed by atoms with Crippen molar-refractivity contribution in [2.24, 2.45) is 17.3 Å². The normalized spacial score (nSPS) is 36.1. The van der Waals surface area contributed by atoms with Crippen LogP contribution in [0.1, 0.15) is 24.8 Å². The first-order valence-electron chi connectivity index (χ1n) is 5.86. The molecule has 2 aliphatic carbocycles. The average molecular weight is 345 g/mol. The second kappa shape index (κ2) is 4.09. The molecule has 0 amide bonds. The van der Waals surface area contributed by atoms with Crippen LogP contribution in [0.2, 0.25) is 0 Å². The summed E-state index contributed by atoms with van der Waals surface area (Å²) in [7, 11) is 0. The first-order valence-corrected chi connectivity index (χ1v) is 7.78. The number of hydrogen-bond acceptors (Lipinski definition) is 1. The Kier molecular flexibility index (Phi) is 2.87. The SMILES string of the molecule is BrCC1(Cc2cncc(Br)c2)CC2CC2C1. The maximum absolute atomic E-state index is 4.26.